The van der Waals surface area contributed by atoms with Gasteiger partial charge in [0.1, 0.15) is 0 Å². The van der Waals surface area contributed by atoms with Crippen LogP contribution < -0.4 is 10.1 Å². The minimum atomic E-state index is -0.706. The van der Waals surface area contributed by atoms with Crippen LogP contribution in [0.1, 0.15) is 38.6 Å². The van der Waals surface area contributed by atoms with E-state index in [-0.39, 0.29) is 12.1 Å². The number of benzene rings is 1. The fraction of sp³-hybridized carbons (Fsp3) is 0.381. The van der Waals surface area contributed by atoms with Crippen LogP contribution in [-0.2, 0) is 0 Å². The predicted molar refractivity (Wildman–Crippen MR) is 111 cm³/mol. The van der Waals surface area contributed by atoms with E-state index < -0.39 is 6.03 Å². The van der Waals surface area contributed by atoms with E-state index in [0.29, 0.717) is 21.9 Å². The van der Waals surface area contributed by atoms with Crippen LogP contribution in [-0.4, -0.2) is 49.8 Å². The van der Waals surface area contributed by atoms with Gasteiger partial charge in [-0.15, -0.1) is 0 Å². The summed E-state index contributed by atoms with van der Waals surface area (Å²) in [6.45, 7) is 5.16. The van der Waals surface area contributed by atoms with Crippen molar-refractivity contribution in [2.45, 2.75) is 44.8 Å². The zero-order valence-corrected chi connectivity index (χ0v) is 16.7. The first-order valence-electron chi connectivity index (χ1n) is 9.60. The minimum absolute atomic E-state index is 0.221. The molecule has 1 aromatic heterocycles. The topological polar surface area (TPSA) is 99.6 Å². The quantitative estimate of drug-likeness (QED) is 0.178. The second kappa shape index (κ2) is 8.91. The summed E-state index contributed by atoms with van der Waals surface area (Å²) in [7, 11) is 1.51. The smallest absolute Gasteiger partial charge is 0.492 e. The van der Waals surface area contributed by atoms with E-state index in [9.17, 15) is 15.1 Å². The van der Waals surface area contributed by atoms with E-state index in [1.807, 2.05) is 10.9 Å². The number of amides is 2. The van der Waals surface area contributed by atoms with Crippen LogP contribution in [0.15, 0.2) is 43.1 Å². The molecule has 1 aliphatic rings. The van der Waals surface area contributed by atoms with Crippen molar-refractivity contribution in [3.8, 4) is 5.75 Å². The number of nitrogens with one attached hydrogen (secondary N) is 1. The molecule has 1 fully saturated rings. The van der Waals surface area contributed by atoms with E-state index in [4.69, 9.17) is 4.74 Å². The summed E-state index contributed by atoms with van der Waals surface area (Å²) < 4.78 is 7.85. The molecule has 0 atom stereocenters. The molecular weight excluding hydrogens is 372 g/mol. The molecule has 8 nitrogen and oxygen atoms in total. The zero-order valence-electron chi connectivity index (χ0n) is 16.7. The van der Waals surface area contributed by atoms with E-state index in [1.165, 1.54) is 7.11 Å². The maximum Gasteiger partial charge on any atom is 0.535 e. The van der Waals surface area contributed by atoms with Gasteiger partial charge in [-0.3, -0.25) is 4.68 Å². The average Bonchev–Trinajstić information content (AvgIpc) is 3.13. The first kappa shape index (κ1) is 20.6. The molecule has 2 aromatic rings. The molecule has 8 heteroatoms. The molecule has 0 radical (unpaired) electrons. The van der Waals surface area contributed by atoms with Crippen LogP contribution in [0.2, 0.25) is 0 Å². The van der Waals surface area contributed by atoms with E-state index in [2.05, 4.69) is 17.0 Å². The number of hydroxylamine groups is 1. The number of allylic oxidation sites excluding steroid dienone is 3. The summed E-state index contributed by atoms with van der Waals surface area (Å²) in [5, 5.41) is 27.9. The number of carbonyl (C=O) groups excluding carboxylic acids is 1. The molecule has 0 spiro atoms. The number of carbonyl (C=O) groups is 1. The molecule has 0 aliphatic heterocycles. The highest BCUT2D eigenvalue weighted by molar-refractivity contribution is 5.97. The van der Waals surface area contributed by atoms with Crippen LogP contribution in [0.3, 0.4) is 0 Å². The normalized spacial score (nSPS) is 20.5. The van der Waals surface area contributed by atoms with Gasteiger partial charge in [-0.25, -0.2) is 0 Å². The number of methoxy groups -OCH3 is 1. The van der Waals surface area contributed by atoms with Crippen LogP contribution in [0.5, 0.6) is 5.75 Å². The van der Waals surface area contributed by atoms with Gasteiger partial charge in [0, 0.05) is 24.6 Å². The number of rotatable bonds is 5. The molecule has 154 valence electrons. The Morgan fingerprint density at radius 1 is 1.38 bits per heavy atom. The van der Waals surface area contributed by atoms with Crippen molar-refractivity contribution in [3.63, 3.8) is 0 Å². The Kier molecular flexibility index (Phi) is 6.33. The van der Waals surface area contributed by atoms with Gasteiger partial charge in [0.05, 0.1) is 24.8 Å². The molecule has 3 N–H and O–H groups in total. The molecule has 1 aliphatic carbocycles. The summed E-state index contributed by atoms with van der Waals surface area (Å²) in [5.74, 6) is 0.447. The van der Waals surface area contributed by atoms with Crippen molar-refractivity contribution < 1.29 is 24.6 Å². The number of hydrogen-bond acceptors (Lipinski definition) is 5. The number of aliphatic hydroxyl groups excluding tert-OH is 1. The summed E-state index contributed by atoms with van der Waals surface area (Å²) in [4.78, 5) is 12.4. The highest BCUT2D eigenvalue weighted by Gasteiger charge is 2.24. The third kappa shape index (κ3) is 4.65. The molecule has 0 saturated heterocycles. The molecular formula is C21H27N4O4+. The lowest BCUT2D eigenvalue weighted by molar-refractivity contribution is -0.696. The Balaban J connectivity index is 1.87. The molecule has 0 unspecified atom stereocenters. The van der Waals surface area contributed by atoms with Crippen molar-refractivity contribution >= 4 is 28.3 Å². The third-order valence-corrected chi connectivity index (χ3v) is 5.13. The summed E-state index contributed by atoms with van der Waals surface area (Å²) >= 11 is 0. The average molecular weight is 399 g/mol. The fourth-order valence-corrected chi connectivity index (χ4v) is 3.45. The molecule has 2 amide bonds. The highest BCUT2D eigenvalue weighted by Crippen LogP contribution is 2.33. The molecule has 1 saturated carbocycles. The van der Waals surface area contributed by atoms with Crippen molar-refractivity contribution in [3.05, 3.63) is 43.1 Å². The first-order chi connectivity index (χ1) is 13.9. The molecule has 1 aromatic carbocycles. The summed E-state index contributed by atoms with van der Waals surface area (Å²) in [5.41, 5.74) is 1.53. The Morgan fingerprint density at radius 2 is 2.10 bits per heavy atom. The van der Waals surface area contributed by atoms with Gasteiger partial charge in [-0.05, 0) is 42.6 Å². The van der Waals surface area contributed by atoms with Crippen molar-refractivity contribution in [2.75, 3.05) is 12.4 Å². The second-order valence-corrected chi connectivity index (χ2v) is 7.16. The number of anilines is 1. The van der Waals surface area contributed by atoms with Crippen molar-refractivity contribution in [1.29, 1.82) is 0 Å². The standard InChI is InChI=1S/C21H26N4O4/c1-4-5-6-14(2)25(28)21(27)22-19-11-15-13-24(16-7-9-17(26)10-8-16)23-18(15)12-20(19)29-3/h4-6,11-13,16-17,26H,1,7-10H2,2-3H3,(H-,22,27,28)/p+1/b6-5-,25-14+. The number of ether oxygens (including phenoxy) is 1. The van der Waals surface area contributed by atoms with Gasteiger partial charge < -0.3 is 15.1 Å². The third-order valence-electron chi connectivity index (χ3n) is 5.13. The number of aromatic nitrogens is 2. The van der Waals surface area contributed by atoms with Crippen molar-refractivity contribution in [2.24, 2.45) is 0 Å². The molecule has 0 bridgehead atoms. The van der Waals surface area contributed by atoms with Gasteiger partial charge in [0.15, 0.2) is 17.1 Å². The van der Waals surface area contributed by atoms with Crippen LogP contribution >= 0.6 is 0 Å². The maximum absolute atomic E-state index is 12.4. The van der Waals surface area contributed by atoms with Crippen LogP contribution in [0, 0.1) is 0 Å². The van der Waals surface area contributed by atoms with Gasteiger partial charge in [0.25, 0.3) is 0 Å². The monoisotopic (exact) mass is 399 g/mol. The van der Waals surface area contributed by atoms with E-state index in [1.54, 1.807) is 37.3 Å². The predicted octanol–water partition coefficient (Wildman–Crippen LogP) is 3.66. The highest BCUT2D eigenvalue weighted by atomic mass is 16.5. The lowest BCUT2D eigenvalue weighted by Gasteiger charge is -2.25. The second-order valence-electron chi connectivity index (χ2n) is 7.16. The first-order valence-corrected chi connectivity index (χ1v) is 9.60. The Hall–Kier alpha value is -3.13. The number of nitrogens with zero attached hydrogens (tertiary/aromatic N) is 3. The van der Waals surface area contributed by atoms with Crippen LogP contribution in [0.4, 0.5) is 10.5 Å². The van der Waals surface area contributed by atoms with Gasteiger partial charge in [-0.2, -0.15) is 15.2 Å². The Bertz CT molecular complexity index is 968. The fourth-order valence-electron chi connectivity index (χ4n) is 3.45. The molecule has 1 heterocycles. The Labute approximate surface area is 169 Å². The SMILES string of the molecule is C=C/C=C\C(C)=[N+](\O)C(=O)Nc1cc2cn(C3CCC(O)CC3)nc2cc1OC. The summed E-state index contributed by atoms with van der Waals surface area (Å²) in [6.07, 6.45) is 9.76. The maximum atomic E-state index is 12.4. The van der Waals surface area contributed by atoms with Crippen LogP contribution in [0.25, 0.3) is 10.9 Å². The van der Waals surface area contributed by atoms with E-state index in [0.717, 1.165) is 36.6 Å². The number of fused-ring (bicyclic) bond motifs is 1. The van der Waals surface area contributed by atoms with Gasteiger partial charge >= 0.3 is 6.03 Å². The zero-order chi connectivity index (χ0) is 21.0. The Morgan fingerprint density at radius 3 is 2.76 bits per heavy atom. The lowest BCUT2D eigenvalue weighted by Crippen LogP contribution is -2.27. The number of urea groups is 1. The number of aliphatic hydroxyl groups is 1. The van der Waals surface area contributed by atoms with Gasteiger partial charge in [0.2, 0.25) is 0 Å². The minimum Gasteiger partial charge on any atom is -0.492 e. The van der Waals surface area contributed by atoms with Crippen molar-refractivity contribution in [1.82, 2.24) is 9.78 Å². The number of hydrogen-bond donors (Lipinski definition) is 3. The van der Waals surface area contributed by atoms with Gasteiger partial charge in [-0.1, -0.05) is 18.7 Å². The summed E-state index contributed by atoms with van der Waals surface area (Å²) in [6, 6.07) is 3.07. The molecule has 3 rings (SSSR count). The van der Waals surface area contributed by atoms with E-state index >= 15 is 0 Å². The molecule has 29 heavy (non-hydrogen) atoms. The lowest BCUT2D eigenvalue weighted by atomic mass is 9.93. The largest absolute Gasteiger partial charge is 0.535 e.